The van der Waals surface area contributed by atoms with Crippen LogP contribution in [0.1, 0.15) is 18.4 Å². The third-order valence-corrected chi connectivity index (χ3v) is 4.89. The van der Waals surface area contributed by atoms with Crippen molar-refractivity contribution in [2.75, 3.05) is 5.32 Å². The van der Waals surface area contributed by atoms with Crippen molar-refractivity contribution in [1.29, 1.82) is 5.26 Å². The number of aliphatic hydroxyl groups is 2. The minimum Gasteiger partial charge on any atom is -0.381 e. The van der Waals surface area contributed by atoms with Crippen LogP contribution in [-0.2, 0) is 0 Å². The molecule has 0 aliphatic heterocycles. The van der Waals surface area contributed by atoms with E-state index in [0.29, 0.717) is 5.56 Å². The molecule has 0 saturated heterocycles. The average molecular weight is 400 g/mol. The molecule has 0 amide bonds. The maximum Gasteiger partial charge on any atom is 0.166 e. The van der Waals surface area contributed by atoms with Crippen molar-refractivity contribution in [3.63, 3.8) is 0 Å². The summed E-state index contributed by atoms with van der Waals surface area (Å²) >= 11 is 3.46. The van der Waals surface area contributed by atoms with Gasteiger partial charge in [0.05, 0.1) is 38.8 Å². The van der Waals surface area contributed by atoms with Gasteiger partial charge in [0.2, 0.25) is 0 Å². The van der Waals surface area contributed by atoms with Crippen LogP contribution in [-0.4, -0.2) is 36.6 Å². The minimum absolute atomic E-state index is 0.00178. The van der Waals surface area contributed by atoms with Gasteiger partial charge in [-0.25, -0.2) is 4.52 Å². The highest BCUT2D eigenvalue weighted by Crippen LogP contribution is 2.35. The summed E-state index contributed by atoms with van der Waals surface area (Å²) in [7, 11) is 0. The molecule has 0 radical (unpaired) electrons. The molecule has 1 aliphatic rings. The fourth-order valence-corrected chi connectivity index (χ4v) is 3.33. The Morgan fingerprint density at radius 1 is 1.28 bits per heavy atom. The molecule has 0 unspecified atom stereocenters. The summed E-state index contributed by atoms with van der Waals surface area (Å²) in [4.78, 5) is 4.44. The number of anilines is 1. The molecule has 126 valence electrons. The molecule has 25 heavy (non-hydrogen) atoms. The molecule has 0 spiro atoms. The highest BCUT2D eigenvalue weighted by Gasteiger charge is 2.41. The first-order valence-corrected chi connectivity index (χ1v) is 8.50. The second-order valence-corrected chi connectivity index (χ2v) is 7.05. The van der Waals surface area contributed by atoms with Crippen LogP contribution in [0, 0.1) is 11.3 Å². The molecule has 3 heterocycles. The van der Waals surface area contributed by atoms with Crippen LogP contribution in [0.5, 0.6) is 0 Å². The molecule has 1 aliphatic carbocycles. The maximum absolute atomic E-state index is 9.45. The second-order valence-electron chi connectivity index (χ2n) is 6.19. The van der Waals surface area contributed by atoms with Crippen molar-refractivity contribution in [2.24, 2.45) is 0 Å². The summed E-state index contributed by atoms with van der Waals surface area (Å²) in [5.74, 6) is -1.57. The molecular weight excluding hydrogens is 386 g/mol. The van der Waals surface area contributed by atoms with E-state index in [1.807, 2.05) is 18.2 Å². The number of nitrogens with one attached hydrogen (secondary N) is 1. The number of nitrogens with zero attached hydrogens (tertiary/aromatic N) is 4. The Morgan fingerprint density at radius 2 is 2.08 bits per heavy atom. The molecule has 0 aromatic carbocycles. The van der Waals surface area contributed by atoms with E-state index in [4.69, 9.17) is 5.26 Å². The zero-order valence-electron chi connectivity index (χ0n) is 13.0. The normalized spacial score (nSPS) is 16.4. The van der Waals surface area contributed by atoms with E-state index in [-0.39, 0.29) is 18.9 Å². The quantitative estimate of drug-likeness (QED) is 0.583. The summed E-state index contributed by atoms with van der Waals surface area (Å²) in [6.45, 7) is 0. The van der Waals surface area contributed by atoms with Gasteiger partial charge in [-0.15, -0.1) is 0 Å². The van der Waals surface area contributed by atoms with Crippen LogP contribution in [0.4, 0.5) is 5.69 Å². The molecule has 1 saturated carbocycles. The first-order valence-electron chi connectivity index (χ1n) is 7.70. The number of pyridine rings is 1. The molecule has 3 N–H and O–H groups in total. The lowest BCUT2D eigenvalue weighted by molar-refractivity contribution is -0.215. The van der Waals surface area contributed by atoms with Gasteiger partial charge in [0.25, 0.3) is 0 Å². The highest BCUT2D eigenvalue weighted by atomic mass is 79.9. The molecule has 4 rings (SSSR count). The topological polar surface area (TPSA) is 106 Å². The van der Waals surface area contributed by atoms with Crippen molar-refractivity contribution in [2.45, 2.75) is 24.7 Å². The molecule has 0 atom stereocenters. The molecule has 3 aromatic rings. The molecule has 7 nitrogen and oxygen atoms in total. The largest absolute Gasteiger partial charge is 0.381 e. The predicted molar refractivity (Wildman–Crippen MR) is 94.7 cm³/mol. The van der Waals surface area contributed by atoms with Gasteiger partial charge in [0.15, 0.2) is 5.79 Å². The summed E-state index contributed by atoms with van der Waals surface area (Å²) < 4.78 is 2.53. The number of aromatic nitrogens is 3. The molecular formula is C17H14BrN5O2. The summed E-state index contributed by atoms with van der Waals surface area (Å²) in [5, 5.41) is 35.5. The zero-order valence-corrected chi connectivity index (χ0v) is 14.6. The van der Waals surface area contributed by atoms with E-state index in [1.165, 1.54) is 6.20 Å². The van der Waals surface area contributed by atoms with Crippen LogP contribution in [0.3, 0.4) is 0 Å². The smallest absolute Gasteiger partial charge is 0.166 e. The molecule has 3 aromatic heterocycles. The van der Waals surface area contributed by atoms with Crippen molar-refractivity contribution < 1.29 is 10.2 Å². The van der Waals surface area contributed by atoms with Crippen LogP contribution in [0.25, 0.3) is 16.9 Å². The first kappa shape index (κ1) is 16.0. The number of rotatable bonds is 3. The van der Waals surface area contributed by atoms with Crippen LogP contribution in [0.2, 0.25) is 0 Å². The predicted octanol–water partition coefficient (Wildman–Crippen LogP) is 2.29. The van der Waals surface area contributed by atoms with E-state index in [1.54, 1.807) is 16.8 Å². The van der Waals surface area contributed by atoms with Gasteiger partial charge >= 0.3 is 0 Å². The zero-order chi connectivity index (χ0) is 17.6. The van der Waals surface area contributed by atoms with Crippen molar-refractivity contribution in [1.82, 2.24) is 14.6 Å². The third kappa shape index (κ3) is 2.98. The third-order valence-electron chi connectivity index (χ3n) is 4.25. The van der Waals surface area contributed by atoms with Crippen LogP contribution in [0.15, 0.2) is 41.1 Å². The van der Waals surface area contributed by atoms with Gasteiger partial charge in [0.1, 0.15) is 6.07 Å². The van der Waals surface area contributed by atoms with Crippen molar-refractivity contribution in [3.8, 4) is 17.5 Å². The average Bonchev–Trinajstić information content (AvgIpc) is 2.98. The second kappa shape index (κ2) is 5.81. The Labute approximate surface area is 151 Å². The Morgan fingerprint density at radius 3 is 2.80 bits per heavy atom. The number of halogens is 1. The Kier molecular flexibility index (Phi) is 3.72. The monoisotopic (exact) mass is 399 g/mol. The van der Waals surface area contributed by atoms with Crippen LogP contribution >= 0.6 is 15.9 Å². The number of hydrogen-bond donors (Lipinski definition) is 3. The Bertz CT molecular complexity index is 1000. The molecule has 8 heteroatoms. The SMILES string of the molecule is N#Cc1cnn2c(-c3cc(NC4CC(O)(O)C4)c(Br)cn3)ccc2c1. The summed E-state index contributed by atoms with van der Waals surface area (Å²) in [5.41, 5.74) is 3.68. The maximum atomic E-state index is 9.45. The van der Waals surface area contributed by atoms with Crippen molar-refractivity contribution in [3.05, 3.63) is 46.7 Å². The Hall–Kier alpha value is -2.47. The van der Waals surface area contributed by atoms with Gasteiger partial charge < -0.3 is 15.5 Å². The molecule has 0 bridgehead atoms. The number of fused-ring (bicyclic) bond motifs is 1. The lowest BCUT2D eigenvalue weighted by Gasteiger charge is -2.40. The lowest BCUT2D eigenvalue weighted by Crippen LogP contribution is -2.50. The van der Waals surface area contributed by atoms with Gasteiger partial charge in [-0.3, -0.25) is 4.98 Å². The van der Waals surface area contributed by atoms with E-state index < -0.39 is 5.79 Å². The van der Waals surface area contributed by atoms with Gasteiger partial charge in [-0.05, 0) is 40.2 Å². The van der Waals surface area contributed by atoms with E-state index in [9.17, 15) is 10.2 Å². The van der Waals surface area contributed by atoms with Crippen molar-refractivity contribution >= 4 is 27.1 Å². The fraction of sp³-hybridized carbons (Fsp3) is 0.235. The first-order chi connectivity index (χ1) is 11.9. The van der Waals surface area contributed by atoms with Gasteiger partial charge in [-0.1, -0.05) is 0 Å². The summed E-state index contributed by atoms with van der Waals surface area (Å²) in [6.07, 6.45) is 3.78. The van der Waals surface area contributed by atoms with Crippen LogP contribution < -0.4 is 5.32 Å². The Balaban J connectivity index is 1.67. The standard InChI is InChI=1S/C17H14BrN5O2/c18-13-9-20-15(4-14(13)22-11-5-17(24,25)6-11)16-2-1-12-3-10(7-19)8-21-23(12)16/h1-4,8-9,11,24-25H,5-6H2,(H,20,22). The number of hydrogen-bond acceptors (Lipinski definition) is 6. The van der Waals surface area contributed by atoms with E-state index in [2.05, 4.69) is 37.4 Å². The number of nitriles is 1. The summed E-state index contributed by atoms with van der Waals surface area (Å²) in [6, 6.07) is 9.53. The van der Waals surface area contributed by atoms with E-state index in [0.717, 1.165) is 27.1 Å². The van der Waals surface area contributed by atoms with Gasteiger partial charge in [-0.2, -0.15) is 10.4 Å². The lowest BCUT2D eigenvalue weighted by atomic mass is 9.85. The van der Waals surface area contributed by atoms with E-state index >= 15 is 0 Å². The van der Waals surface area contributed by atoms with Gasteiger partial charge in [0, 0.05) is 25.1 Å². The fourth-order valence-electron chi connectivity index (χ4n) is 3.00. The molecule has 1 fully saturated rings. The minimum atomic E-state index is -1.57. The highest BCUT2D eigenvalue weighted by molar-refractivity contribution is 9.10.